The molecule has 0 bridgehead atoms. The van der Waals surface area contributed by atoms with Crippen LogP contribution in [0, 0.1) is 5.92 Å². The van der Waals surface area contributed by atoms with E-state index in [-0.39, 0.29) is 0 Å². The Kier molecular flexibility index (Phi) is 3.11. The fourth-order valence-electron chi connectivity index (χ4n) is 2.16. The summed E-state index contributed by atoms with van der Waals surface area (Å²) in [4.78, 5) is 4.15. The maximum absolute atomic E-state index is 5.77. The lowest BCUT2D eigenvalue weighted by molar-refractivity contribution is 0.290. The van der Waals surface area contributed by atoms with E-state index in [1.165, 1.54) is 18.4 Å². The minimum absolute atomic E-state index is 0.405. The minimum Gasteiger partial charge on any atom is -0.330 e. The standard InChI is InChI=1S/C11H17N3/c12-7-9-3-2-6-14-11(9)10-4-1-5-13-8-10/h1,4-5,8-9,11,14H,2-3,6-7,12H2/t9-,11+/m1/s1. The smallest absolute Gasteiger partial charge is 0.0376 e. The third-order valence-corrected chi connectivity index (χ3v) is 2.93. The van der Waals surface area contributed by atoms with Crippen LogP contribution in [0.3, 0.4) is 0 Å². The second-order valence-electron chi connectivity index (χ2n) is 3.86. The monoisotopic (exact) mass is 191 g/mol. The fraction of sp³-hybridized carbons (Fsp3) is 0.545. The van der Waals surface area contributed by atoms with E-state index in [1.54, 1.807) is 0 Å². The highest BCUT2D eigenvalue weighted by Crippen LogP contribution is 2.27. The molecule has 3 heteroatoms. The molecule has 2 heterocycles. The second-order valence-corrected chi connectivity index (χ2v) is 3.86. The zero-order valence-corrected chi connectivity index (χ0v) is 8.32. The molecule has 0 saturated carbocycles. The third-order valence-electron chi connectivity index (χ3n) is 2.93. The summed E-state index contributed by atoms with van der Waals surface area (Å²) in [7, 11) is 0. The lowest BCUT2D eigenvalue weighted by atomic mass is 9.87. The van der Waals surface area contributed by atoms with Gasteiger partial charge in [0.2, 0.25) is 0 Å². The van der Waals surface area contributed by atoms with Gasteiger partial charge in [0, 0.05) is 18.4 Å². The van der Waals surface area contributed by atoms with Crippen molar-refractivity contribution >= 4 is 0 Å². The first kappa shape index (κ1) is 9.62. The highest BCUT2D eigenvalue weighted by atomic mass is 14.9. The molecule has 1 aliphatic heterocycles. The topological polar surface area (TPSA) is 50.9 Å². The van der Waals surface area contributed by atoms with E-state index in [4.69, 9.17) is 5.73 Å². The molecular formula is C11H17N3. The number of nitrogens with two attached hydrogens (primary N) is 1. The maximum atomic E-state index is 5.77. The maximum Gasteiger partial charge on any atom is 0.0376 e. The molecule has 0 spiro atoms. The molecule has 1 aromatic rings. The van der Waals surface area contributed by atoms with Crippen LogP contribution in [-0.2, 0) is 0 Å². The molecule has 3 N–H and O–H groups in total. The Morgan fingerprint density at radius 1 is 1.57 bits per heavy atom. The molecular weight excluding hydrogens is 174 g/mol. The van der Waals surface area contributed by atoms with Crippen molar-refractivity contribution in [2.45, 2.75) is 18.9 Å². The normalized spacial score (nSPS) is 27.5. The first-order valence-corrected chi connectivity index (χ1v) is 5.25. The quantitative estimate of drug-likeness (QED) is 0.735. The molecule has 0 amide bonds. The molecule has 1 fully saturated rings. The van der Waals surface area contributed by atoms with Gasteiger partial charge in [-0.1, -0.05) is 6.07 Å². The molecule has 0 aromatic carbocycles. The molecule has 2 rings (SSSR count). The van der Waals surface area contributed by atoms with E-state index in [0.717, 1.165) is 13.1 Å². The summed E-state index contributed by atoms with van der Waals surface area (Å²) in [5.41, 5.74) is 7.04. The van der Waals surface area contributed by atoms with Gasteiger partial charge in [-0.05, 0) is 43.5 Å². The number of aromatic nitrogens is 1. The van der Waals surface area contributed by atoms with E-state index in [0.29, 0.717) is 12.0 Å². The fourth-order valence-corrected chi connectivity index (χ4v) is 2.16. The summed E-state index contributed by atoms with van der Waals surface area (Å²) in [6, 6.07) is 4.51. The summed E-state index contributed by atoms with van der Waals surface area (Å²) >= 11 is 0. The third kappa shape index (κ3) is 1.94. The van der Waals surface area contributed by atoms with Gasteiger partial charge in [-0.15, -0.1) is 0 Å². The van der Waals surface area contributed by atoms with Crippen molar-refractivity contribution in [3.8, 4) is 0 Å². The van der Waals surface area contributed by atoms with Crippen molar-refractivity contribution in [2.75, 3.05) is 13.1 Å². The molecule has 1 aromatic heterocycles. The molecule has 76 valence electrons. The average molecular weight is 191 g/mol. The first-order valence-electron chi connectivity index (χ1n) is 5.25. The van der Waals surface area contributed by atoms with Gasteiger partial charge in [0.05, 0.1) is 0 Å². The minimum atomic E-state index is 0.405. The van der Waals surface area contributed by atoms with Crippen molar-refractivity contribution < 1.29 is 0 Å². The van der Waals surface area contributed by atoms with Crippen LogP contribution < -0.4 is 11.1 Å². The zero-order chi connectivity index (χ0) is 9.80. The Morgan fingerprint density at radius 3 is 3.21 bits per heavy atom. The van der Waals surface area contributed by atoms with Gasteiger partial charge < -0.3 is 11.1 Å². The number of nitrogens with zero attached hydrogens (tertiary/aromatic N) is 1. The Hall–Kier alpha value is -0.930. The van der Waals surface area contributed by atoms with Gasteiger partial charge >= 0.3 is 0 Å². The van der Waals surface area contributed by atoms with Crippen LogP contribution >= 0.6 is 0 Å². The van der Waals surface area contributed by atoms with Crippen LogP contribution in [0.15, 0.2) is 24.5 Å². The number of pyridine rings is 1. The first-order chi connectivity index (χ1) is 6.92. The van der Waals surface area contributed by atoms with Crippen LogP contribution in [0.2, 0.25) is 0 Å². The summed E-state index contributed by atoms with van der Waals surface area (Å²) in [5, 5.41) is 3.52. The molecule has 1 aliphatic rings. The molecule has 0 radical (unpaired) electrons. The highest BCUT2D eigenvalue weighted by Gasteiger charge is 2.24. The van der Waals surface area contributed by atoms with E-state index in [1.807, 2.05) is 18.5 Å². The molecule has 14 heavy (non-hydrogen) atoms. The van der Waals surface area contributed by atoms with Gasteiger partial charge in [0.1, 0.15) is 0 Å². The average Bonchev–Trinajstić information content (AvgIpc) is 2.30. The van der Waals surface area contributed by atoms with Crippen LogP contribution in [0.1, 0.15) is 24.4 Å². The summed E-state index contributed by atoms with van der Waals surface area (Å²) in [5.74, 6) is 0.563. The molecule has 2 atom stereocenters. The van der Waals surface area contributed by atoms with Gasteiger partial charge in [-0.2, -0.15) is 0 Å². The van der Waals surface area contributed by atoms with Crippen LogP contribution in [-0.4, -0.2) is 18.1 Å². The SMILES string of the molecule is NC[C@H]1CCCN[C@@H]1c1cccnc1. The van der Waals surface area contributed by atoms with E-state index in [9.17, 15) is 0 Å². The highest BCUT2D eigenvalue weighted by molar-refractivity contribution is 5.15. The molecule has 0 aliphatic carbocycles. The largest absolute Gasteiger partial charge is 0.330 e. The van der Waals surface area contributed by atoms with Crippen LogP contribution in [0.4, 0.5) is 0 Å². The van der Waals surface area contributed by atoms with Gasteiger partial charge in [0.15, 0.2) is 0 Å². The molecule has 0 unspecified atom stereocenters. The number of rotatable bonds is 2. The number of hydrogen-bond donors (Lipinski definition) is 2. The lowest BCUT2D eigenvalue weighted by Gasteiger charge is -2.31. The zero-order valence-electron chi connectivity index (χ0n) is 8.32. The van der Waals surface area contributed by atoms with Crippen LogP contribution in [0.25, 0.3) is 0 Å². The number of piperidine rings is 1. The Balaban J connectivity index is 2.15. The van der Waals surface area contributed by atoms with E-state index >= 15 is 0 Å². The van der Waals surface area contributed by atoms with Crippen molar-refractivity contribution in [1.82, 2.24) is 10.3 Å². The van der Waals surface area contributed by atoms with Crippen molar-refractivity contribution in [3.05, 3.63) is 30.1 Å². The number of nitrogens with one attached hydrogen (secondary N) is 1. The number of hydrogen-bond acceptors (Lipinski definition) is 3. The summed E-state index contributed by atoms with van der Waals surface area (Å²) in [6.45, 7) is 1.85. The van der Waals surface area contributed by atoms with Crippen molar-refractivity contribution in [2.24, 2.45) is 11.7 Å². The predicted octanol–water partition coefficient (Wildman–Crippen LogP) is 1.08. The van der Waals surface area contributed by atoms with Crippen molar-refractivity contribution in [3.63, 3.8) is 0 Å². The Labute approximate surface area is 84.7 Å². The molecule has 1 saturated heterocycles. The van der Waals surface area contributed by atoms with Crippen LogP contribution in [0.5, 0.6) is 0 Å². The predicted molar refractivity (Wildman–Crippen MR) is 56.8 cm³/mol. The second kappa shape index (κ2) is 4.53. The van der Waals surface area contributed by atoms with Gasteiger partial charge in [-0.25, -0.2) is 0 Å². The van der Waals surface area contributed by atoms with Crippen molar-refractivity contribution in [1.29, 1.82) is 0 Å². The summed E-state index contributed by atoms with van der Waals surface area (Å²) in [6.07, 6.45) is 6.21. The Morgan fingerprint density at radius 2 is 2.50 bits per heavy atom. The molecule has 3 nitrogen and oxygen atoms in total. The summed E-state index contributed by atoms with van der Waals surface area (Å²) < 4.78 is 0. The van der Waals surface area contributed by atoms with E-state index in [2.05, 4.69) is 16.4 Å². The van der Waals surface area contributed by atoms with Gasteiger partial charge in [0.25, 0.3) is 0 Å². The van der Waals surface area contributed by atoms with E-state index < -0.39 is 0 Å². The Bertz CT molecular complexity index is 273. The van der Waals surface area contributed by atoms with Gasteiger partial charge in [-0.3, -0.25) is 4.98 Å². The lowest BCUT2D eigenvalue weighted by Crippen LogP contribution is -2.37.